The minimum Gasteiger partial charge on any atom is -0.352 e. The molecule has 4 rings (SSSR count). The quantitative estimate of drug-likeness (QED) is 0.839. The van der Waals surface area contributed by atoms with Crippen LogP contribution in [0, 0.1) is 24.6 Å². The second-order valence-electron chi connectivity index (χ2n) is 8.41. The minimum atomic E-state index is -0.310. The summed E-state index contributed by atoms with van der Waals surface area (Å²) >= 11 is 0. The van der Waals surface area contributed by atoms with Gasteiger partial charge in [-0.3, -0.25) is 9.59 Å². The smallest absolute Gasteiger partial charge is 0.225 e. The molecule has 29 heavy (non-hydrogen) atoms. The zero-order valence-corrected chi connectivity index (χ0v) is 16.7. The van der Waals surface area contributed by atoms with Crippen LogP contribution < -0.4 is 5.32 Å². The zero-order chi connectivity index (χ0) is 20.4. The lowest BCUT2D eigenvalue weighted by atomic mass is 9.83. The molecule has 2 aromatic rings. The van der Waals surface area contributed by atoms with E-state index in [9.17, 15) is 14.0 Å². The van der Waals surface area contributed by atoms with Crippen LogP contribution in [0.1, 0.15) is 41.9 Å². The number of benzene rings is 2. The third-order valence-electron chi connectivity index (χ3n) is 5.93. The molecule has 2 fully saturated rings. The molecular formula is C24H27FN2O2. The Hall–Kier alpha value is -2.69. The Kier molecular flexibility index (Phi) is 5.65. The van der Waals surface area contributed by atoms with Crippen molar-refractivity contribution in [3.05, 3.63) is 71.0 Å². The molecule has 0 radical (unpaired) electrons. The summed E-state index contributed by atoms with van der Waals surface area (Å²) in [5.74, 6) is -0.162. The molecule has 1 saturated carbocycles. The van der Waals surface area contributed by atoms with Crippen LogP contribution in [0.25, 0.3) is 0 Å². The van der Waals surface area contributed by atoms with E-state index in [-0.39, 0.29) is 35.4 Å². The van der Waals surface area contributed by atoms with Crippen molar-refractivity contribution in [2.45, 2.75) is 38.6 Å². The summed E-state index contributed by atoms with van der Waals surface area (Å²) in [6.07, 6.45) is 2.63. The van der Waals surface area contributed by atoms with Gasteiger partial charge in [0.15, 0.2) is 0 Å². The lowest BCUT2D eigenvalue weighted by Crippen LogP contribution is -2.48. The summed E-state index contributed by atoms with van der Waals surface area (Å²) in [5.41, 5.74) is 3.09. The van der Waals surface area contributed by atoms with Crippen molar-refractivity contribution < 1.29 is 14.0 Å². The fraction of sp³-hybridized carbons (Fsp3) is 0.417. The lowest BCUT2D eigenvalue weighted by molar-refractivity contribution is -0.137. The van der Waals surface area contributed by atoms with E-state index in [2.05, 4.69) is 30.4 Å². The van der Waals surface area contributed by atoms with Gasteiger partial charge < -0.3 is 10.2 Å². The van der Waals surface area contributed by atoms with Gasteiger partial charge in [-0.15, -0.1) is 0 Å². The number of aryl methyl sites for hydroxylation is 1. The third-order valence-corrected chi connectivity index (χ3v) is 5.93. The van der Waals surface area contributed by atoms with Gasteiger partial charge in [0.05, 0.1) is 5.92 Å². The fourth-order valence-corrected chi connectivity index (χ4v) is 4.20. The molecule has 1 heterocycles. The Balaban J connectivity index is 1.47. The third kappa shape index (κ3) is 4.84. The summed E-state index contributed by atoms with van der Waals surface area (Å²) in [4.78, 5) is 27.5. The molecule has 2 amide bonds. The van der Waals surface area contributed by atoms with Crippen molar-refractivity contribution in [1.82, 2.24) is 10.2 Å². The first-order valence-electron chi connectivity index (χ1n) is 10.4. The molecule has 5 heteroatoms. The van der Waals surface area contributed by atoms with E-state index in [4.69, 9.17) is 0 Å². The number of hydrogen-bond acceptors (Lipinski definition) is 2. The molecule has 2 aromatic carbocycles. The predicted molar refractivity (Wildman–Crippen MR) is 110 cm³/mol. The molecule has 1 aliphatic heterocycles. The van der Waals surface area contributed by atoms with Gasteiger partial charge in [-0.05, 0) is 49.4 Å². The van der Waals surface area contributed by atoms with Crippen LogP contribution >= 0.6 is 0 Å². The molecule has 0 bridgehead atoms. The molecule has 2 atom stereocenters. The number of carbonyl (C=O) groups excluding carboxylic acids is 2. The fourth-order valence-electron chi connectivity index (χ4n) is 4.20. The van der Waals surface area contributed by atoms with Crippen LogP contribution in [-0.2, 0) is 16.1 Å². The molecule has 0 spiro atoms. The monoisotopic (exact) mass is 394 g/mol. The van der Waals surface area contributed by atoms with E-state index in [1.807, 2.05) is 11.0 Å². The summed E-state index contributed by atoms with van der Waals surface area (Å²) < 4.78 is 13.4. The summed E-state index contributed by atoms with van der Waals surface area (Å²) in [5, 5.41) is 2.94. The van der Waals surface area contributed by atoms with Gasteiger partial charge >= 0.3 is 0 Å². The standard InChI is InChI=1S/C24H27FN2O2/c1-16-4-2-6-19(10-16)20-12-21(15-27(14-20)24(29)18-8-9-18)23(28)26-13-17-5-3-7-22(25)11-17/h2-7,10-11,18,20-21H,8-9,12-15H2,1H3,(H,26,28). The van der Waals surface area contributed by atoms with Gasteiger partial charge in [0, 0.05) is 31.5 Å². The first kappa shape index (κ1) is 19.6. The average Bonchev–Trinajstić information content (AvgIpc) is 3.56. The molecule has 1 aliphatic carbocycles. The normalized spacial score (nSPS) is 21.7. The average molecular weight is 394 g/mol. The maximum absolute atomic E-state index is 13.4. The van der Waals surface area contributed by atoms with Crippen LogP contribution in [0.2, 0.25) is 0 Å². The summed E-state index contributed by atoms with van der Waals surface area (Å²) in [6.45, 7) is 3.49. The van der Waals surface area contributed by atoms with Gasteiger partial charge in [0.2, 0.25) is 11.8 Å². The van der Waals surface area contributed by atoms with Crippen molar-refractivity contribution in [2.24, 2.45) is 11.8 Å². The van der Waals surface area contributed by atoms with E-state index in [0.717, 1.165) is 18.4 Å². The van der Waals surface area contributed by atoms with Crippen LogP contribution in [0.5, 0.6) is 0 Å². The molecule has 1 N–H and O–H groups in total. The van der Waals surface area contributed by atoms with E-state index < -0.39 is 0 Å². The Bertz CT molecular complexity index is 909. The molecule has 4 nitrogen and oxygen atoms in total. The highest BCUT2D eigenvalue weighted by atomic mass is 19.1. The number of nitrogens with zero attached hydrogens (tertiary/aromatic N) is 1. The van der Waals surface area contributed by atoms with Gasteiger partial charge in [-0.2, -0.15) is 0 Å². The van der Waals surface area contributed by atoms with Crippen LogP contribution in [-0.4, -0.2) is 29.8 Å². The molecule has 1 saturated heterocycles. The highest BCUT2D eigenvalue weighted by molar-refractivity contribution is 5.83. The van der Waals surface area contributed by atoms with Gasteiger partial charge in [0.25, 0.3) is 0 Å². The van der Waals surface area contributed by atoms with Crippen molar-refractivity contribution in [3.63, 3.8) is 0 Å². The number of piperidine rings is 1. The van der Waals surface area contributed by atoms with Crippen LogP contribution in [0.3, 0.4) is 0 Å². The summed E-state index contributed by atoms with van der Waals surface area (Å²) in [7, 11) is 0. The Morgan fingerprint density at radius 3 is 2.59 bits per heavy atom. The maximum atomic E-state index is 13.4. The Labute approximate surface area is 171 Å². The highest BCUT2D eigenvalue weighted by Gasteiger charge is 2.39. The second-order valence-corrected chi connectivity index (χ2v) is 8.41. The molecular weight excluding hydrogens is 367 g/mol. The topological polar surface area (TPSA) is 49.4 Å². The number of nitrogens with one attached hydrogen (secondary N) is 1. The van der Waals surface area contributed by atoms with Crippen LogP contribution in [0.4, 0.5) is 4.39 Å². The minimum absolute atomic E-state index is 0.0692. The number of rotatable bonds is 5. The predicted octanol–water partition coefficient (Wildman–Crippen LogP) is 3.79. The van der Waals surface area contributed by atoms with E-state index in [0.29, 0.717) is 26.1 Å². The largest absolute Gasteiger partial charge is 0.352 e. The highest BCUT2D eigenvalue weighted by Crippen LogP contribution is 2.36. The van der Waals surface area contributed by atoms with Crippen LogP contribution in [0.15, 0.2) is 48.5 Å². The molecule has 2 aliphatic rings. The molecule has 0 aromatic heterocycles. The Morgan fingerprint density at radius 1 is 1.07 bits per heavy atom. The number of amides is 2. The second kappa shape index (κ2) is 8.36. The maximum Gasteiger partial charge on any atom is 0.225 e. The van der Waals surface area contributed by atoms with Crippen molar-refractivity contribution >= 4 is 11.8 Å². The number of halogens is 1. The lowest BCUT2D eigenvalue weighted by Gasteiger charge is -2.37. The molecule has 2 unspecified atom stereocenters. The van der Waals surface area contributed by atoms with Gasteiger partial charge in [0.1, 0.15) is 5.82 Å². The first-order chi connectivity index (χ1) is 14.0. The SMILES string of the molecule is Cc1cccc(C2CC(C(=O)NCc3cccc(F)c3)CN(C(=O)C3CC3)C2)c1. The van der Waals surface area contributed by atoms with E-state index in [1.165, 1.54) is 23.3 Å². The van der Waals surface area contributed by atoms with Gasteiger partial charge in [-0.25, -0.2) is 4.39 Å². The number of carbonyl (C=O) groups is 2. The number of hydrogen-bond donors (Lipinski definition) is 1. The Morgan fingerprint density at radius 2 is 1.86 bits per heavy atom. The van der Waals surface area contributed by atoms with Gasteiger partial charge in [-0.1, -0.05) is 42.0 Å². The van der Waals surface area contributed by atoms with Crippen molar-refractivity contribution in [2.75, 3.05) is 13.1 Å². The van der Waals surface area contributed by atoms with Crippen molar-refractivity contribution in [1.29, 1.82) is 0 Å². The van der Waals surface area contributed by atoms with Crippen molar-refractivity contribution in [3.8, 4) is 0 Å². The molecule has 152 valence electrons. The van der Waals surface area contributed by atoms with E-state index in [1.54, 1.807) is 12.1 Å². The number of likely N-dealkylation sites (tertiary alicyclic amines) is 1. The zero-order valence-electron chi connectivity index (χ0n) is 16.7. The first-order valence-corrected chi connectivity index (χ1v) is 10.4. The van der Waals surface area contributed by atoms with E-state index >= 15 is 0 Å². The summed E-state index contributed by atoms with van der Waals surface area (Å²) in [6, 6.07) is 14.6.